The number of halogens is 1. The fourth-order valence-corrected chi connectivity index (χ4v) is 2.98. The van der Waals surface area contributed by atoms with Gasteiger partial charge in [-0.05, 0) is 64.9 Å². The van der Waals surface area contributed by atoms with E-state index in [4.69, 9.17) is 0 Å². The van der Waals surface area contributed by atoms with Gasteiger partial charge in [0.25, 0.3) is 0 Å². The molecule has 2 heterocycles. The summed E-state index contributed by atoms with van der Waals surface area (Å²) in [6, 6.07) is 4.77. The number of fused-ring (bicyclic) bond motifs is 1. The predicted octanol–water partition coefficient (Wildman–Crippen LogP) is 3.00. The van der Waals surface area contributed by atoms with E-state index in [0.717, 1.165) is 10.5 Å². The Morgan fingerprint density at radius 3 is 3.06 bits per heavy atom. The molecule has 1 aliphatic carbocycles. The van der Waals surface area contributed by atoms with Crippen LogP contribution in [0.15, 0.2) is 29.0 Å². The highest BCUT2D eigenvalue weighted by Gasteiger charge is 2.28. The van der Waals surface area contributed by atoms with Crippen LogP contribution in [0.3, 0.4) is 0 Å². The Labute approximate surface area is 104 Å². The number of pyridine rings is 1. The van der Waals surface area contributed by atoms with E-state index in [1.54, 1.807) is 0 Å². The van der Waals surface area contributed by atoms with Gasteiger partial charge in [0.2, 0.25) is 0 Å². The first-order valence-electron chi connectivity index (χ1n) is 5.89. The fraction of sp³-hybridized carbons (Fsp3) is 0.462. The molecule has 0 bridgehead atoms. The van der Waals surface area contributed by atoms with Crippen molar-refractivity contribution in [1.82, 2.24) is 10.3 Å². The molecular formula is C13H15BrN2. The van der Waals surface area contributed by atoms with Gasteiger partial charge in [0.1, 0.15) is 4.60 Å². The summed E-state index contributed by atoms with van der Waals surface area (Å²) in [7, 11) is 0. The maximum Gasteiger partial charge on any atom is 0.106 e. The molecule has 2 aliphatic rings. The maximum atomic E-state index is 4.30. The molecule has 0 saturated carbocycles. The molecule has 0 unspecified atom stereocenters. The second kappa shape index (κ2) is 4.30. The molecule has 1 N–H and O–H groups in total. The zero-order chi connectivity index (χ0) is 11.0. The van der Waals surface area contributed by atoms with Gasteiger partial charge >= 0.3 is 0 Å². The van der Waals surface area contributed by atoms with Crippen LogP contribution in [-0.2, 0) is 0 Å². The van der Waals surface area contributed by atoms with Crippen LogP contribution in [-0.4, -0.2) is 17.6 Å². The summed E-state index contributed by atoms with van der Waals surface area (Å²) in [6.07, 6.45) is 8.23. The summed E-state index contributed by atoms with van der Waals surface area (Å²) in [5.74, 6) is 0.868. The Morgan fingerprint density at radius 2 is 2.25 bits per heavy atom. The number of hydrogen-bond acceptors (Lipinski definition) is 2. The average molecular weight is 279 g/mol. The molecule has 0 radical (unpaired) electrons. The summed E-state index contributed by atoms with van der Waals surface area (Å²) in [5, 5.41) is 3.56. The molecule has 2 atom stereocenters. The topological polar surface area (TPSA) is 24.9 Å². The molecule has 1 fully saturated rings. The summed E-state index contributed by atoms with van der Waals surface area (Å²) in [4.78, 5) is 4.30. The van der Waals surface area contributed by atoms with Gasteiger partial charge in [-0.2, -0.15) is 0 Å². The lowest BCUT2D eigenvalue weighted by atomic mass is 9.84. The quantitative estimate of drug-likeness (QED) is 0.799. The van der Waals surface area contributed by atoms with Crippen LogP contribution < -0.4 is 5.32 Å². The average Bonchev–Trinajstić information content (AvgIpc) is 2.77. The van der Waals surface area contributed by atoms with E-state index < -0.39 is 0 Å². The maximum absolute atomic E-state index is 4.30. The lowest BCUT2D eigenvalue weighted by Crippen LogP contribution is -2.27. The standard InChI is InChI=1S/C13H15BrN2/c14-13-4-3-11(8-16-13)10-2-1-9-5-6-15-12(9)7-10/h3-4,7-9,12,15H,1-2,5-6H2/t9-,12-/m0/s1. The van der Waals surface area contributed by atoms with Crippen LogP contribution in [0.5, 0.6) is 0 Å². The molecule has 1 saturated heterocycles. The van der Waals surface area contributed by atoms with Gasteiger partial charge in [0, 0.05) is 12.2 Å². The lowest BCUT2D eigenvalue weighted by Gasteiger charge is -2.24. The van der Waals surface area contributed by atoms with Crippen molar-refractivity contribution in [3.8, 4) is 0 Å². The number of aromatic nitrogens is 1. The molecule has 2 nitrogen and oxygen atoms in total. The second-order valence-electron chi connectivity index (χ2n) is 4.63. The van der Waals surface area contributed by atoms with E-state index in [2.05, 4.69) is 38.4 Å². The predicted molar refractivity (Wildman–Crippen MR) is 69.0 cm³/mol. The van der Waals surface area contributed by atoms with Crippen LogP contribution in [0.25, 0.3) is 5.57 Å². The third kappa shape index (κ3) is 1.94. The van der Waals surface area contributed by atoms with Crippen molar-refractivity contribution in [3.63, 3.8) is 0 Å². The molecule has 1 aromatic rings. The normalized spacial score (nSPS) is 28.7. The highest BCUT2D eigenvalue weighted by molar-refractivity contribution is 9.10. The fourth-order valence-electron chi connectivity index (χ4n) is 2.75. The van der Waals surface area contributed by atoms with Crippen molar-refractivity contribution in [1.29, 1.82) is 0 Å². The van der Waals surface area contributed by atoms with Crippen LogP contribution >= 0.6 is 15.9 Å². The Bertz CT molecular complexity index is 410. The first-order chi connectivity index (χ1) is 7.83. The molecule has 3 heteroatoms. The van der Waals surface area contributed by atoms with Gasteiger partial charge in [-0.1, -0.05) is 12.1 Å². The van der Waals surface area contributed by atoms with Gasteiger partial charge in [0.05, 0.1) is 0 Å². The number of hydrogen-bond donors (Lipinski definition) is 1. The Kier molecular flexibility index (Phi) is 2.82. The highest BCUT2D eigenvalue weighted by Crippen LogP contribution is 2.34. The number of nitrogens with one attached hydrogen (secondary N) is 1. The smallest absolute Gasteiger partial charge is 0.106 e. The minimum absolute atomic E-state index is 0.604. The zero-order valence-corrected chi connectivity index (χ0v) is 10.7. The molecule has 0 aromatic carbocycles. The largest absolute Gasteiger partial charge is 0.310 e. The minimum Gasteiger partial charge on any atom is -0.310 e. The summed E-state index contributed by atoms with van der Waals surface area (Å²) in [5.41, 5.74) is 2.73. The third-order valence-corrected chi connectivity index (χ3v) is 4.14. The molecule has 84 valence electrons. The van der Waals surface area contributed by atoms with Gasteiger partial charge < -0.3 is 5.32 Å². The van der Waals surface area contributed by atoms with E-state index in [0.29, 0.717) is 6.04 Å². The Morgan fingerprint density at radius 1 is 1.31 bits per heavy atom. The number of nitrogens with zero attached hydrogens (tertiary/aromatic N) is 1. The molecule has 1 aliphatic heterocycles. The van der Waals surface area contributed by atoms with Crippen molar-refractivity contribution in [3.05, 3.63) is 34.6 Å². The molecular weight excluding hydrogens is 264 g/mol. The molecule has 0 amide bonds. The first-order valence-corrected chi connectivity index (χ1v) is 6.68. The Balaban J connectivity index is 1.87. The number of allylic oxidation sites excluding steroid dienone is 1. The second-order valence-corrected chi connectivity index (χ2v) is 5.44. The summed E-state index contributed by atoms with van der Waals surface area (Å²) < 4.78 is 0.907. The van der Waals surface area contributed by atoms with Crippen molar-refractivity contribution < 1.29 is 0 Å². The monoisotopic (exact) mass is 278 g/mol. The van der Waals surface area contributed by atoms with E-state index in [9.17, 15) is 0 Å². The zero-order valence-electron chi connectivity index (χ0n) is 9.12. The molecule has 16 heavy (non-hydrogen) atoms. The SMILES string of the molecule is Brc1ccc(C2=C[C@@H]3NCC[C@@H]3CC2)cn1. The third-order valence-electron chi connectivity index (χ3n) is 3.67. The van der Waals surface area contributed by atoms with Crippen molar-refractivity contribution >= 4 is 21.5 Å². The van der Waals surface area contributed by atoms with Gasteiger partial charge in [-0.25, -0.2) is 4.98 Å². The van der Waals surface area contributed by atoms with Crippen molar-refractivity contribution in [2.45, 2.75) is 25.3 Å². The summed E-state index contributed by atoms with van der Waals surface area (Å²) >= 11 is 3.37. The van der Waals surface area contributed by atoms with Crippen LogP contribution in [0.2, 0.25) is 0 Å². The lowest BCUT2D eigenvalue weighted by molar-refractivity contribution is 0.465. The van der Waals surface area contributed by atoms with Gasteiger partial charge in [0.15, 0.2) is 0 Å². The van der Waals surface area contributed by atoms with E-state index in [1.165, 1.54) is 36.9 Å². The highest BCUT2D eigenvalue weighted by atomic mass is 79.9. The first kappa shape index (κ1) is 10.5. The van der Waals surface area contributed by atoms with Crippen LogP contribution in [0.4, 0.5) is 0 Å². The van der Waals surface area contributed by atoms with E-state index >= 15 is 0 Å². The Hall–Kier alpha value is -0.670. The molecule has 3 rings (SSSR count). The molecule has 0 spiro atoms. The van der Waals surface area contributed by atoms with Crippen molar-refractivity contribution in [2.24, 2.45) is 5.92 Å². The van der Waals surface area contributed by atoms with Gasteiger partial charge in [-0.15, -0.1) is 0 Å². The molecule has 1 aromatic heterocycles. The van der Waals surface area contributed by atoms with Crippen molar-refractivity contribution in [2.75, 3.05) is 6.54 Å². The van der Waals surface area contributed by atoms with Crippen LogP contribution in [0.1, 0.15) is 24.8 Å². The summed E-state index contributed by atoms with van der Waals surface area (Å²) in [6.45, 7) is 1.18. The van der Waals surface area contributed by atoms with Crippen LogP contribution in [0, 0.1) is 5.92 Å². The van der Waals surface area contributed by atoms with E-state index in [-0.39, 0.29) is 0 Å². The minimum atomic E-state index is 0.604. The van der Waals surface area contributed by atoms with E-state index in [1.807, 2.05) is 12.3 Å². The number of rotatable bonds is 1. The van der Waals surface area contributed by atoms with Gasteiger partial charge in [-0.3, -0.25) is 0 Å².